The number of aliphatic hydroxyl groups excluding tert-OH is 1. The number of ether oxygens (including phenoxy) is 2. The molecule has 0 aromatic heterocycles. The molecule has 0 rings (SSSR count). The van der Waals surface area contributed by atoms with Gasteiger partial charge in [0, 0.05) is 30.8 Å². The molecule has 105 heavy (non-hydrogen) atoms. The molecule has 0 aliphatic heterocycles. The van der Waals surface area contributed by atoms with Gasteiger partial charge in [-0.15, -0.1) is 0 Å². The van der Waals surface area contributed by atoms with E-state index in [1.807, 2.05) is 0 Å². The lowest BCUT2D eigenvalue weighted by Crippen LogP contribution is -2.63. The molecule has 614 valence electrons. The van der Waals surface area contributed by atoms with E-state index in [0.717, 1.165) is 64.2 Å². The minimum atomic E-state index is -1.72. The number of carbonyl (C=O) groups excluding carboxylic acids is 8. The van der Waals surface area contributed by atoms with Gasteiger partial charge >= 0.3 is 17.9 Å². The van der Waals surface area contributed by atoms with Crippen molar-refractivity contribution >= 4 is 65.1 Å². The lowest BCUT2D eigenvalue weighted by Gasteiger charge is -2.35. The van der Waals surface area contributed by atoms with E-state index in [2.05, 4.69) is 42.0 Å². The molecule has 0 saturated heterocycles. The van der Waals surface area contributed by atoms with E-state index in [1.54, 1.807) is 0 Å². The van der Waals surface area contributed by atoms with Crippen LogP contribution in [0.15, 0.2) is 0 Å². The fourth-order valence-electron chi connectivity index (χ4n) is 13.0. The van der Waals surface area contributed by atoms with Gasteiger partial charge < -0.3 is 69.6 Å². The fourth-order valence-corrected chi connectivity index (χ4v) is 14.1. The molecule has 6 amide bonds. The Hall–Kier alpha value is -4.46. The molecule has 0 aromatic carbocycles. The SMILES string of the molecule is CCCCCCCCCCCCCCCC(=O)N[C@@H](CSCC(COC(=O)CCCCCCCCCCCCCCC)OC(=O)CCCCCCCCCCCCCCC)C(=O)N[C@@H](CO)C(=O)N[C@@H](CCCCN)C(=O)N(C(=O)[C@@H](N)CCCCN)[C@@H](CCCCN)C(=O)N[C@@H](CCCCN)C(=O)O. The summed E-state index contributed by atoms with van der Waals surface area (Å²) < 4.78 is 11.8. The highest BCUT2D eigenvalue weighted by atomic mass is 32.2. The van der Waals surface area contributed by atoms with Crippen LogP contribution < -0.4 is 49.9 Å². The summed E-state index contributed by atoms with van der Waals surface area (Å²) in [7, 11) is 0. The highest BCUT2D eigenvalue weighted by molar-refractivity contribution is 7.99. The molecule has 0 aliphatic carbocycles. The molecule has 23 nitrogen and oxygen atoms in total. The van der Waals surface area contributed by atoms with Crippen molar-refractivity contribution in [1.29, 1.82) is 0 Å². The van der Waals surface area contributed by atoms with Crippen molar-refractivity contribution in [3.8, 4) is 0 Å². The number of hydrogen-bond acceptors (Lipinski definition) is 18. The van der Waals surface area contributed by atoms with Gasteiger partial charge in [0.05, 0.1) is 12.6 Å². The maximum atomic E-state index is 15.3. The van der Waals surface area contributed by atoms with Crippen LogP contribution in [0, 0.1) is 0 Å². The largest absolute Gasteiger partial charge is 0.480 e. The van der Waals surface area contributed by atoms with E-state index >= 15 is 4.79 Å². The van der Waals surface area contributed by atoms with Crippen molar-refractivity contribution < 1.29 is 62.8 Å². The van der Waals surface area contributed by atoms with Crippen LogP contribution in [-0.2, 0) is 52.6 Å². The van der Waals surface area contributed by atoms with Gasteiger partial charge in [-0.2, -0.15) is 11.8 Å². The summed E-state index contributed by atoms with van der Waals surface area (Å²) in [4.78, 5) is 128. The Kier molecular flexibility index (Phi) is 69.3. The van der Waals surface area contributed by atoms with Gasteiger partial charge in [-0.25, -0.2) is 4.79 Å². The number of unbranched alkanes of at least 4 members (excludes halogenated alkanes) is 40. The van der Waals surface area contributed by atoms with Gasteiger partial charge in [-0.1, -0.05) is 258 Å². The maximum absolute atomic E-state index is 15.3. The molecule has 0 bridgehead atoms. The monoisotopic (exact) mass is 1510 g/mol. The van der Waals surface area contributed by atoms with Gasteiger partial charge in [0.2, 0.25) is 29.5 Å². The number of amides is 6. The zero-order valence-electron chi connectivity index (χ0n) is 66.5. The third-order valence-electron chi connectivity index (χ3n) is 19.7. The smallest absolute Gasteiger partial charge is 0.326 e. The lowest BCUT2D eigenvalue weighted by molar-refractivity contribution is -0.157. The molecular weight excluding hydrogens is 1350 g/mol. The summed E-state index contributed by atoms with van der Waals surface area (Å²) in [5, 5.41) is 31.7. The zero-order chi connectivity index (χ0) is 77.6. The topological polar surface area (TPSA) is 394 Å². The summed E-state index contributed by atoms with van der Waals surface area (Å²) in [6.45, 7) is 6.48. The average Bonchev–Trinajstić information content (AvgIpc) is 0.808. The van der Waals surface area contributed by atoms with Crippen LogP contribution in [0.5, 0.6) is 0 Å². The minimum absolute atomic E-state index is 0.00922. The van der Waals surface area contributed by atoms with Crippen molar-refractivity contribution in [3.05, 3.63) is 0 Å². The van der Waals surface area contributed by atoms with Crippen LogP contribution in [0.4, 0.5) is 0 Å². The van der Waals surface area contributed by atoms with Gasteiger partial charge in [0.25, 0.3) is 5.91 Å². The molecule has 0 radical (unpaired) electrons. The quantitative estimate of drug-likeness (QED) is 0.0199. The molecule has 16 N–H and O–H groups in total. The van der Waals surface area contributed by atoms with E-state index in [-0.39, 0.29) is 95.5 Å². The number of thioether (sulfide) groups is 1. The molecule has 1 unspecified atom stereocenters. The van der Waals surface area contributed by atoms with Crippen LogP contribution in [-0.4, -0.2) is 162 Å². The number of nitrogens with one attached hydrogen (secondary N) is 4. The number of imide groups is 1. The first kappa shape index (κ1) is 101. The molecule has 0 saturated carbocycles. The normalized spacial score (nSPS) is 13.4. The Labute approximate surface area is 640 Å². The molecular formula is C81H156N10O13S. The first-order valence-corrected chi connectivity index (χ1v) is 43.5. The first-order chi connectivity index (χ1) is 51.0. The predicted molar refractivity (Wildman–Crippen MR) is 427 cm³/mol. The Bertz CT molecular complexity index is 2190. The Morgan fingerprint density at radius 1 is 0.371 bits per heavy atom. The number of aliphatic hydroxyl groups is 1. The third-order valence-corrected chi connectivity index (χ3v) is 20.9. The van der Waals surface area contributed by atoms with Crippen molar-refractivity contribution in [2.24, 2.45) is 28.7 Å². The average molecular weight is 1510 g/mol. The van der Waals surface area contributed by atoms with Crippen LogP contribution in [0.3, 0.4) is 0 Å². The number of esters is 2. The number of nitrogens with two attached hydrogens (primary N) is 5. The zero-order valence-corrected chi connectivity index (χ0v) is 67.3. The van der Waals surface area contributed by atoms with E-state index in [4.69, 9.17) is 38.1 Å². The molecule has 0 aromatic rings. The van der Waals surface area contributed by atoms with Crippen LogP contribution in [0.2, 0.25) is 0 Å². The number of carboxylic acids is 1. The number of carboxylic acid groups (broad SMARTS) is 1. The summed E-state index contributed by atoms with van der Waals surface area (Å²) in [6.07, 6.45) is 47.1. The second kappa shape index (κ2) is 72.4. The van der Waals surface area contributed by atoms with Crippen LogP contribution >= 0.6 is 11.8 Å². The lowest BCUT2D eigenvalue weighted by atomic mass is 9.99. The maximum Gasteiger partial charge on any atom is 0.326 e. The van der Waals surface area contributed by atoms with Gasteiger partial charge in [-0.3, -0.25) is 43.3 Å². The molecule has 0 fully saturated rings. The number of nitrogens with zero attached hydrogens (tertiary/aromatic N) is 1. The molecule has 24 heteroatoms. The van der Waals surface area contributed by atoms with Crippen molar-refractivity contribution in [2.75, 3.05) is 50.9 Å². The number of hydrogen-bond donors (Lipinski definition) is 11. The van der Waals surface area contributed by atoms with Gasteiger partial charge in [0.1, 0.15) is 42.9 Å². The first-order valence-electron chi connectivity index (χ1n) is 42.4. The molecule has 0 spiro atoms. The molecule has 7 atom stereocenters. The fraction of sp³-hybridized carbons (Fsp3) is 0.889. The summed E-state index contributed by atoms with van der Waals surface area (Å²) in [5.41, 5.74) is 29.7. The second-order valence-electron chi connectivity index (χ2n) is 29.4. The predicted octanol–water partition coefficient (Wildman–Crippen LogP) is 13.2. The Morgan fingerprint density at radius 2 is 0.724 bits per heavy atom. The number of rotatable bonds is 77. The molecule has 0 aliphatic rings. The van der Waals surface area contributed by atoms with Crippen molar-refractivity contribution in [2.45, 2.75) is 410 Å². The van der Waals surface area contributed by atoms with Crippen molar-refractivity contribution in [1.82, 2.24) is 26.2 Å². The number of aliphatic carboxylic acids is 1. The summed E-state index contributed by atoms with van der Waals surface area (Å²) in [5.74, 6) is -7.41. The highest BCUT2D eigenvalue weighted by Crippen LogP contribution is 2.22. The summed E-state index contributed by atoms with van der Waals surface area (Å²) in [6, 6.07) is -8.93. The van der Waals surface area contributed by atoms with Crippen molar-refractivity contribution in [3.63, 3.8) is 0 Å². The van der Waals surface area contributed by atoms with E-state index < -0.39 is 102 Å². The standard InChI is InChI=1S/C81H156N10O13S/c1-4-7-10-13-16-19-22-25-28-31-34-37-40-55-73(93)87-71(65-105-64-66(104-75(95)57-42-39-36-33-30-27-24-21-18-15-12-9-6-3)63-103-74(94)56-41-38-35-32-29-26-23-20-17-14-11-8-5-2)77(97)90-70(62-92)76(96)88-68(52-44-48-59-83)80(100)91(79(99)67(86)51-43-47-58-82)72(54-46-50-61-85)78(98)89-69(81(101)102)53-45-49-60-84/h66-72,92H,4-65,82-86H2,1-3H3,(H,87,93)(H,88,96)(H,89,98)(H,90,97)(H,101,102)/t66?,67-,68-,69-,70-,71-,72-/m0/s1. The minimum Gasteiger partial charge on any atom is -0.480 e. The number of carbonyl (C=O) groups is 9. The van der Waals surface area contributed by atoms with E-state index in [0.29, 0.717) is 69.2 Å². The van der Waals surface area contributed by atoms with Gasteiger partial charge in [-0.05, 0) is 116 Å². The van der Waals surface area contributed by atoms with Gasteiger partial charge in [0.15, 0.2) is 0 Å². The summed E-state index contributed by atoms with van der Waals surface area (Å²) >= 11 is 1.18. The van der Waals surface area contributed by atoms with E-state index in [9.17, 15) is 48.6 Å². The van der Waals surface area contributed by atoms with E-state index in [1.165, 1.54) is 179 Å². The highest BCUT2D eigenvalue weighted by Gasteiger charge is 2.42. The molecule has 0 heterocycles. The second-order valence-corrected chi connectivity index (χ2v) is 30.5. The van der Waals surface area contributed by atoms with Crippen LogP contribution in [0.25, 0.3) is 0 Å². The Morgan fingerprint density at radius 3 is 1.13 bits per heavy atom. The van der Waals surface area contributed by atoms with Crippen LogP contribution in [0.1, 0.15) is 367 Å². The third kappa shape index (κ3) is 56.4. The Balaban J connectivity index is 6.93.